The third kappa shape index (κ3) is 5.01. The number of carbonyl (C=O) groups excluding carboxylic acids is 1. The molecule has 116 valence electrons. The first kappa shape index (κ1) is 15.7. The second kappa shape index (κ2) is 7.92. The van der Waals surface area contributed by atoms with Gasteiger partial charge in [-0.05, 0) is 17.7 Å². The summed E-state index contributed by atoms with van der Waals surface area (Å²) in [6.45, 7) is 0.967. The van der Waals surface area contributed by atoms with Gasteiger partial charge in [0.2, 0.25) is 11.9 Å². The molecule has 0 aromatic carbocycles. The molecule has 7 nitrogen and oxygen atoms in total. The number of amides is 1. The maximum absolute atomic E-state index is 11.8. The quantitative estimate of drug-likeness (QED) is 0.795. The van der Waals surface area contributed by atoms with Gasteiger partial charge >= 0.3 is 0 Å². The Bertz CT molecular complexity index is 585. The molecule has 0 fully saturated rings. The van der Waals surface area contributed by atoms with Crippen LogP contribution < -0.4 is 15.5 Å². The molecule has 22 heavy (non-hydrogen) atoms. The van der Waals surface area contributed by atoms with Gasteiger partial charge in [-0.1, -0.05) is 6.07 Å². The van der Waals surface area contributed by atoms with E-state index in [2.05, 4.69) is 25.6 Å². The van der Waals surface area contributed by atoms with Crippen molar-refractivity contribution in [2.75, 3.05) is 30.9 Å². The normalized spacial score (nSPS) is 10.1. The maximum atomic E-state index is 11.8. The van der Waals surface area contributed by atoms with Crippen LogP contribution in [0.3, 0.4) is 0 Å². The molecule has 2 aromatic heterocycles. The van der Waals surface area contributed by atoms with Gasteiger partial charge in [0.15, 0.2) is 0 Å². The topological polar surface area (TPSA) is 83.0 Å². The van der Waals surface area contributed by atoms with E-state index in [9.17, 15) is 4.79 Å². The number of pyridine rings is 1. The Hall–Kier alpha value is -2.70. The predicted molar refractivity (Wildman–Crippen MR) is 85.5 cm³/mol. The zero-order chi connectivity index (χ0) is 15.8. The van der Waals surface area contributed by atoms with Crippen LogP contribution in [0.15, 0.2) is 36.8 Å². The number of anilines is 2. The van der Waals surface area contributed by atoms with Crippen LogP contribution in [-0.2, 0) is 11.3 Å². The van der Waals surface area contributed by atoms with Crippen molar-refractivity contribution in [1.82, 2.24) is 20.3 Å². The monoisotopic (exact) mass is 300 g/mol. The molecule has 7 heteroatoms. The lowest BCUT2D eigenvalue weighted by atomic mass is 10.2. The van der Waals surface area contributed by atoms with E-state index in [4.69, 9.17) is 0 Å². The van der Waals surface area contributed by atoms with E-state index in [1.54, 1.807) is 24.7 Å². The second-order valence-corrected chi connectivity index (χ2v) is 4.94. The van der Waals surface area contributed by atoms with Crippen LogP contribution in [0.5, 0.6) is 0 Å². The lowest BCUT2D eigenvalue weighted by molar-refractivity contribution is -0.121. The van der Waals surface area contributed by atoms with E-state index in [0.717, 1.165) is 11.4 Å². The smallest absolute Gasteiger partial charge is 0.222 e. The molecule has 2 N–H and O–H groups in total. The molecule has 2 heterocycles. The minimum Gasteiger partial charge on any atom is -0.363 e. The van der Waals surface area contributed by atoms with Gasteiger partial charge in [-0.2, -0.15) is 0 Å². The molecule has 0 unspecified atom stereocenters. The molecular weight excluding hydrogens is 280 g/mol. The number of rotatable bonds is 7. The Labute approximate surface area is 129 Å². The summed E-state index contributed by atoms with van der Waals surface area (Å²) in [4.78, 5) is 26.0. The third-order valence-electron chi connectivity index (χ3n) is 2.96. The van der Waals surface area contributed by atoms with Crippen LogP contribution in [0.4, 0.5) is 11.8 Å². The number of carbonyl (C=O) groups is 1. The van der Waals surface area contributed by atoms with Gasteiger partial charge in [0.25, 0.3) is 0 Å². The van der Waals surface area contributed by atoms with E-state index in [-0.39, 0.29) is 5.91 Å². The molecule has 0 bridgehead atoms. The standard InChI is InChI=1S/C15H20N6O/c1-21(2)13-5-4-12(10-19-13)11-20-14(22)6-9-18-15-16-7-3-8-17-15/h3-5,7-8,10H,6,9,11H2,1-2H3,(H,20,22)(H,16,17,18). The molecule has 0 spiro atoms. The molecule has 2 rings (SSSR count). The number of aromatic nitrogens is 3. The van der Waals surface area contributed by atoms with E-state index in [1.807, 2.05) is 31.1 Å². The molecule has 0 radical (unpaired) electrons. The van der Waals surface area contributed by atoms with Crippen molar-refractivity contribution in [2.45, 2.75) is 13.0 Å². The first-order valence-corrected chi connectivity index (χ1v) is 7.05. The van der Waals surface area contributed by atoms with Gasteiger partial charge in [0.05, 0.1) is 0 Å². The second-order valence-electron chi connectivity index (χ2n) is 4.94. The minimum absolute atomic E-state index is 0.0277. The number of nitrogens with zero attached hydrogens (tertiary/aromatic N) is 4. The van der Waals surface area contributed by atoms with Crippen LogP contribution in [0, 0.1) is 0 Å². The van der Waals surface area contributed by atoms with Gasteiger partial charge < -0.3 is 15.5 Å². The van der Waals surface area contributed by atoms with Crippen LogP contribution in [0.25, 0.3) is 0 Å². The minimum atomic E-state index is -0.0277. The van der Waals surface area contributed by atoms with Crippen molar-refractivity contribution >= 4 is 17.7 Å². The van der Waals surface area contributed by atoms with Crippen molar-refractivity contribution in [1.29, 1.82) is 0 Å². The highest BCUT2D eigenvalue weighted by Gasteiger charge is 2.03. The molecule has 1 amide bonds. The third-order valence-corrected chi connectivity index (χ3v) is 2.96. The van der Waals surface area contributed by atoms with Crippen molar-refractivity contribution in [2.24, 2.45) is 0 Å². The molecule has 0 saturated heterocycles. The summed E-state index contributed by atoms with van der Waals surface area (Å²) in [6, 6.07) is 5.63. The first-order chi connectivity index (χ1) is 10.6. The van der Waals surface area contributed by atoms with E-state index in [1.165, 1.54) is 0 Å². The summed E-state index contributed by atoms with van der Waals surface area (Å²) in [5.41, 5.74) is 0.971. The average molecular weight is 300 g/mol. The average Bonchev–Trinajstić information content (AvgIpc) is 2.54. The summed E-state index contributed by atoms with van der Waals surface area (Å²) >= 11 is 0. The highest BCUT2D eigenvalue weighted by atomic mass is 16.1. The SMILES string of the molecule is CN(C)c1ccc(CNC(=O)CCNc2ncccn2)cn1. The van der Waals surface area contributed by atoms with Gasteiger partial charge in [0.1, 0.15) is 5.82 Å². The van der Waals surface area contributed by atoms with Crippen LogP contribution >= 0.6 is 0 Å². The Morgan fingerprint density at radius 3 is 2.59 bits per heavy atom. The first-order valence-electron chi connectivity index (χ1n) is 7.05. The lowest BCUT2D eigenvalue weighted by Crippen LogP contribution is -2.25. The molecule has 0 aliphatic heterocycles. The van der Waals surface area contributed by atoms with Crippen molar-refractivity contribution in [3.8, 4) is 0 Å². The largest absolute Gasteiger partial charge is 0.363 e. The molecule has 0 aliphatic rings. The van der Waals surface area contributed by atoms with E-state index in [0.29, 0.717) is 25.5 Å². The fourth-order valence-corrected chi connectivity index (χ4v) is 1.75. The van der Waals surface area contributed by atoms with Crippen LogP contribution in [-0.4, -0.2) is 41.5 Å². The Morgan fingerprint density at radius 1 is 1.18 bits per heavy atom. The fraction of sp³-hybridized carbons (Fsp3) is 0.333. The van der Waals surface area contributed by atoms with Gasteiger partial charge in [-0.15, -0.1) is 0 Å². The Morgan fingerprint density at radius 2 is 1.95 bits per heavy atom. The lowest BCUT2D eigenvalue weighted by Gasteiger charge is -2.11. The van der Waals surface area contributed by atoms with Crippen molar-refractivity contribution < 1.29 is 4.79 Å². The summed E-state index contributed by atoms with van der Waals surface area (Å²) in [7, 11) is 3.88. The molecule has 0 aliphatic carbocycles. The van der Waals surface area contributed by atoms with Gasteiger partial charge in [0, 0.05) is 52.2 Å². The number of hydrogen-bond acceptors (Lipinski definition) is 6. The highest BCUT2D eigenvalue weighted by molar-refractivity contribution is 5.76. The van der Waals surface area contributed by atoms with E-state index >= 15 is 0 Å². The van der Waals surface area contributed by atoms with Gasteiger partial charge in [-0.3, -0.25) is 4.79 Å². The molecule has 2 aromatic rings. The Balaban J connectivity index is 1.69. The van der Waals surface area contributed by atoms with Crippen molar-refractivity contribution in [3.05, 3.63) is 42.4 Å². The summed E-state index contributed by atoms with van der Waals surface area (Å²) in [5.74, 6) is 1.39. The molecular formula is C15H20N6O. The predicted octanol–water partition coefficient (Wildman–Crippen LogP) is 1.06. The summed E-state index contributed by atoms with van der Waals surface area (Å²) in [5, 5.41) is 5.85. The van der Waals surface area contributed by atoms with Crippen LogP contribution in [0.1, 0.15) is 12.0 Å². The summed E-state index contributed by atoms with van der Waals surface area (Å²) < 4.78 is 0. The highest BCUT2D eigenvalue weighted by Crippen LogP contribution is 2.07. The maximum Gasteiger partial charge on any atom is 0.222 e. The molecule has 0 saturated carbocycles. The zero-order valence-corrected chi connectivity index (χ0v) is 12.8. The zero-order valence-electron chi connectivity index (χ0n) is 12.8. The van der Waals surface area contributed by atoms with Gasteiger partial charge in [-0.25, -0.2) is 15.0 Å². The summed E-state index contributed by atoms with van der Waals surface area (Å²) in [6.07, 6.45) is 5.44. The van der Waals surface area contributed by atoms with E-state index < -0.39 is 0 Å². The van der Waals surface area contributed by atoms with Crippen molar-refractivity contribution in [3.63, 3.8) is 0 Å². The Kier molecular flexibility index (Phi) is 5.65. The van der Waals surface area contributed by atoms with Crippen LogP contribution in [0.2, 0.25) is 0 Å². The fourth-order valence-electron chi connectivity index (χ4n) is 1.75. The number of nitrogens with one attached hydrogen (secondary N) is 2. The molecule has 0 atom stereocenters. The number of hydrogen-bond donors (Lipinski definition) is 2.